The summed E-state index contributed by atoms with van der Waals surface area (Å²) in [7, 11) is 0. The van der Waals surface area contributed by atoms with Crippen LogP contribution in [0.15, 0.2) is 16.9 Å². The molecule has 2 heterocycles. The molecule has 0 aliphatic heterocycles. The molecule has 3 aromatic rings. The lowest BCUT2D eigenvalue weighted by molar-refractivity contribution is -0.136. The number of benzene rings is 1. The van der Waals surface area contributed by atoms with Gasteiger partial charge < -0.3 is 5.11 Å². The maximum Gasteiger partial charge on any atom is 0.309 e. The molecule has 1 N–H and O–H groups in total. The lowest BCUT2D eigenvalue weighted by Crippen LogP contribution is -2.28. The smallest absolute Gasteiger partial charge is 0.309 e. The summed E-state index contributed by atoms with van der Waals surface area (Å²) in [5, 5.41) is 13.4. The van der Waals surface area contributed by atoms with E-state index in [9.17, 15) is 18.4 Å². The number of carboxylic acid groups (broad SMARTS) is 1. The Morgan fingerprint density at radius 2 is 2.00 bits per heavy atom. The van der Waals surface area contributed by atoms with Crippen LogP contribution in [0.4, 0.5) is 8.78 Å². The van der Waals surface area contributed by atoms with Crippen molar-refractivity contribution >= 4 is 27.5 Å². The molecule has 25 heavy (non-hydrogen) atoms. The molecule has 0 unspecified atom stereocenters. The summed E-state index contributed by atoms with van der Waals surface area (Å²) in [4.78, 5) is 27.5. The molecule has 1 aromatic carbocycles. The number of aliphatic carboxylic acids is 1. The van der Waals surface area contributed by atoms with Crippen molar-refractivity contribution in [3.8, 4) is 0 Å². The van der Waals surface area contributed by atoms with E-state index in [0.717, 1.165) is 28.2 Å². The number of rotatable bonds is 4. The van der Waals surface area contributed by atoms with Gasteiger partial charge in [-0.2, -0.15) is 5.10 Å². The largest absolute Gasteiger partial charge is 0.481 e. The predicted molar refractivity (Wildman–Crippen MR) is 87.9 cm³/mol. The highest BCUT2D eigenvalue weighted by atomic mass is 32.1. The van der Waals surface area contributed by atoms with Crippen LogP contribution in [-0.4, -0.2) is 25.8 Å². The molecular formula is C16H13F2N3O3S. The normalized spacial score (nSPS) is 11.2. The fourth-order valence-corrected chi connectivity index (χ4v) is 3.39. The minimum absolute atomic E-state index is 0.0486. The summed E-state index contributed by atoms with van der Waals surface area (Å²) in [5.41, 5.74) is 0.992. The highest BCUT2D eigenvalue weighted by molar-refractivity contribution is 7.18. The Morgan fingerprint density at radius 3 is 2.68 bits per heavy atom. The zero-order valence-corrected chi connectivity index (χ0v) is 14.2. The van der Waals surface area contributed by atoms with Gasteiger partial charge in [0.05, 0.1) is 28.9 Å². The van der Waals surface area contributed by atoms with E-state index in [1.165, 1.54) is 0 Å². The van der Waals surface area contributed by atoms with Crippen LogP contribution in [0.2, 0.25) is 0 Å². The van der Waals surface area contributed by atoms with Crippen molar-refractivity contribution in [2.45, 2.75) is 26.8 Å². The molecule has 0 spiro atoms. The second-order valence-corrected chi connectivity index (χ2v) is 6.66. The molecule has 0 saturated heterocycles. The first-order valence-corrected chi connectivity index (χ1v) is 8.11. The highest BCUT2D eigenvalue weighted by Gasteiger charge is 2.16. The lowest BCUT2D eigenvalue weighted by atomic mass is 10.1. The molecule has 3 rings (SSSR count). The van der Waals surface area contributed by atoms with E-state index in [-0.39, 0.29) is 34.4 Å². The molecule has 0 saturated carbocycles. The van der Waals surface area contributed by atoms with Crippen LogP contribution in [0.1, 0.15) is 21.8 Å². The summed E-state index contributed by atoms with van der Waals surface area (Å²) in [6.07, 6.45) is -0.313. The van der Waals surface area contributed by atoms with Crippen molar-refractivity contribution in [3.63, 3.8) is 0 Å². The average Bonchev–Trinajstić information content (AvgIpc) is 2.92. The third-order valence-corrected chi connectivity index (χ3v) is 4.91. The minimum Gasteiger partial charge on any atom is -0.481 e. The minimum atomic E-state index is -1.06. The van der Waals surface area contributed by atoms with E-state index in [0.29, 0.717) is 16.1 Å². The second kappa shape index (κ2) is 6.32. The van der Waals surface area contributed by atoms with E-state index in [1.54, 1.807) is 13.8 Å². The van der Waals surface area contributed by atoms with E-state index < -0.39 is 17.6 Å². The number of carbonyl (C=O) groups is 1. The maximum atomic E-state index is 13.8. The monoisotopic (exact) mass is 365 g/mol. The number of hydrogen-bond acceptors (Lipinski definition) is 5. The van der Waals surface area contributed by atoms with Crippen molar-refractivity contribution in [2.75, 3.05) is 0 Å². The zero-order chi connectivity index (χ0) is 18.3. The highest BCUT2D eigenvalue weighted by Crippen LogP contribution is 2.26. The molecule has 0 radical (unpaired) electrons. The molecule has 0 bridgehead atoms. The van der Waals surface area contributed by atoms with Crippen molar-refractivity contribution in [3.05, 3.63) is 55.9 Å². The SMILES string of the molecule is Cc1c(CC(=O)O)nn(Cc2nc3cc(F)cc(F)c3s2)c(=O)c1C. The quantitative estimate of drug-likeness (QED) is 0.768. The summed E-state index contributed by atoms with van der Waals surface area (Å²) < 4.78 is 28.4. The van der Waals surface area contributed by atoms with E-state index >= 15 is 0 Å². The maximum absolute atomic E-state index is 13.8. The van der Waals surface area contributed by atoms with Crippen LogP contribution in [0.25, 0.3) is 10.2 Å². The Kier molecular flexibility index (Phi) is 4.34. The molecule has 2 aromatic heterocycles. The molecule has 6 nitrogen and oxygen atoms in total. The number of halogens is 2. The number of thiazole rings is 1. The number of fused-ring (bicyclic) bond motifs is 1. The Bertz CT molecular complexity index is 1060. The molecule has 130 valence electrons. The van der Waals surface area contributed by atoms with Crippen LogP contribution in [0, 0.1) is 25.5 Å². The van der Waals surface area contributed by atoms with Crippen molar-refractivity contribution < 1.29 is 18.7 Å². The molecule has 0 aliphatic carbocycles. The first-order chi connectivity index (χ1) is 11.8. The fourth-order valence-electron chi connectivity index (χ4n) is 2.46. The Labute approximate surface area is 144 Å². The summed E-state index contributed by atoms with van der Waals surface area (Å²) >= 11 is 0.997. The van der Waals surface area contributed by atoms with Crippen LogP contribution >= 0.6 is 11.3 Å². The Hall–Kier alpha value is -2.68. The van der Waals surface area contributed by atoms with Gasteiger partial charge in [0.2, 0.25) is 0 Å². The first kappa shape index (κ1) is 17.2. The number of carboxylic acids is 1. The number of aromatic nitrogens is 3. The van der Waals surface area contributed by atoms with Gasteiger partial charge in [0, 0.05) is 17.7 Å². The third kappa shape index (κ3) is 3.27. The third-order valence-electron chi connectivity index (χ3n) is 3.85. The molecular weight excluding hydrogens is 352 g/mol. The van der Waals surface area contributed by atoms with Gasteiger partial charge in [0.25, 0.3) is 5.56 Å². The van der Waals surface area contributed by atoms with Gasteiger partial charge >= 0.3 is 5.97 Å². The number of hydrogen-bond donors (Lipinski definition) is 1. The average molecular weight is 365 g/mol. The topological polar surface area (TPSA) is 85.1 Å². The first-order valence-electron chi connectivity index (χ1n) is 7.29. The standard InChI is InChI=1S/C16H13F2N3O3S/c1-7-8(2)16(24)21(20-11(7)5-14(22)23)6-13-19-12-4-9(17)3-10(18)15(12)25-13/h3-4H,5-6H2,1-2H3,(H,22,23). The van der Waals surface area contributed by atoms with Crippen LogP contribution in [0.3, 0.4) is 0 Å². The van der Waals surface area contributed by atoms with Gasteiger partial charge in [-0.3, -0.25) is 9.59 Å². The predicted octanol–water partition coefficient (Wildman–Crippen LogP) is 2.42. The summed E-state index contributed by atoms with van der Waals surface area (Å²) in [5.74, 6) is -2.50. The molecule has 0 aliphatic rings. The van der Waals surface area contributed by atoms with Crippen LogP contribution in [-0.2, 0) is 17.8 Å². The van der Waals surface area contributed by atoms with Crippen molar-refractivity contribution in [1.29, 1.82) is 0 Å². The molecule has 9 heteroatoms. The van der Waals surface area contributed by atoms with Crippen molar-refractivity contribution in [2.24, 2.45) is 0 Å². The molecule has 0 amide bonds. The van der Waals surface area contributed by atoms with E-state index in [2.05, 4.69) is 10.1 Å². The number of nitrogens with zero attached hydrogens (tertiary/aromatic N) is 3. The van der Waals surface area contributed by atoms with Gasteiger partial charge in [0.15, 0.2) is 0 Å². The van der Waals surface area contributed by atoms with Gasteiger partial charge in [-0.15, -0.1) is 11.3 Å². The van der Waals surface area contributed by atoms with E-state index in [1.807, 2.05) is 0 Å². The summed E-state index contributed by atoms with van der Waals surface area (Å²) in [6.45, 7) is 3.18. The van der Waals surface area contributed by atoms with Gasteiger partial charge in [0.1, 0.15) is 16.6 Å². The molecule has 0 fully saturated rings. The zero-order valence-electron chi connectivity index (χ0n) is 13.3. The molecule has 0 atom stereocenters. The van der Waals surface area contributed by atoms with Gasteiger partial charge in [-0.25, -0.2) is 18.4 Å². The Morgan fingerprint density at radius 1 is 1.28 bits per heavy atom. The van der Waals surface area contributed by atoms with E-state index in [4.69, 9.17) is 5.11 Å². The van der Waals surface area contributed by atoms with Gasteiger partial charge in [-0.05, 0) is 19.4 Å². The Balaban J connectivity index is 2.06. The van der Waals surface area contributed by atoms with Gasteiger partial charge in [-0.1, -0.05) is 0 Å². The van der Waals surface area contributed by atoms with Crippen molar-refractivity contribution in [1.82, 2.24) is 14.8 Å². The second-order valence-electron chi connectivity index (χ2n) is 5.57. The summed E-state index contributed by atoms with van der Waals surface area (Å²) in [6, 6.07) is 1.89. The van der Waals surface area contributed by atoms with Crippen LogP contribution in [0.5, 0.6) is 0 Å². The lowest BCUT2D eigenvalue weighted by Gasteiger charge is -2.10. The van der Waals surface area contributed by atoms with Crippen LogP contribution < -0.4 is 5.56 Å². The fraction of sp³-hybridized carbons (Fsp3) is 0.250.